The van der Waals surface area contributed by atoms with E-state index in [9.17, 15) is 18.3 Å². The van der Waals surface area contributed by atoms with E-state index in [2.05, 4.69) is 10.3 Å². The van der Waals surface area contributed by atoms with Gasteiger partial charge in [0.05, 0.1) is 12.1 Å². The number of pyridine rings is 1. The van der Waals surface area contributed by atoms with Crippen LogP contribution in [0.4, 0.5) is 18.9 Å². The Hall–Kier alpha value is -1.86. The molecule has 2 N–H and O–H groups in total. The van der Waals surface area contributed by atoms with Crippen molar-refractivity contribution < 1.29 is 18.3 Å². The van der Waals surface area contributed by atoms with Crippen LogP contribution in [0, 0.1) is 6.92 Å². The van der Waals surface area contributed by atoms with Gasteiger partial charge in [0.1, 0.15) is 5.69 Å². The third-order valence-electron chi connectivity index (χ3n) is 4.05. The van der Waals surface area contributed by atoms with Crippen molar-refractivity contribution in [1.82, 2.24) is 10.3 Å². The van der Waals surface area contributed by atoms with E-state index in [0.29, 0.717) is 36.2 Å². The highest BCUT2D eigenvalue weighted by Crippen LogP contribution is 2.35. The summed E-state index contributed by atoms with van der Waals surface area (Å²) in [7, 11) is 0. The lowest BCUT2D eigenvalue weighted by Gasteiger charge is -2.35. The number of rotatable bonds is 2. The molecule has 2 heterocycles. The van der Waals surface area contributed by atoms with E-state index in [1.54, 1.807) is 12.1 Å². The third-order valence-corrected chi connectivity index (χ3v) is 4.05. The zero-order valence-corrected chi connectivity index (χ0v) is 12.7. The van der Waals surface area contributed by atoms with E-state index in [1.165, 1.54) is 0 Å². The van der Waals surface area contributed by atoms with E-state index >= 15 is 0 Å². The lowest BCUT2D eigenvalue weighted by molar-refractivity contribution is -0.140. The maximum Gasteiger partial charge on any atom is 0.433 e. The standard InChI is InChI=1S/C16H18F3N3O/c1-10-2-3-13-12(6-10)14(7-15(21-13)16(17,18)19)22-5-4-20-11(8-22)9-23/h2-3,6-7,11,20,23H,4-5,8-9H2,1H3/t11-/m0/s1. The van der Waals surface area contributed by atoms with E-state index < -0.39 is 11.9 Å². The number of nitrogens with one attached hydrogen (secondary N) is 1. The highest BCUT2D eigenvalue weighted by Gasteiger charge is 2.34. The second-order valence-corrected chi connectivity index (χ2v) is 5.82. The quantitative estimate of drug-likeness (QED) is 0.890. The van der Waals surface area contributed by atoms with Crippen LogP contribution in [0.1, 0.15) is 11.3 Å². The van der Waals surface area contributed by atoms with Crippen LogP contribution in [0.25, 0.3) is 10.9 Å². The molecule has 3 rings (SSSR count). The minimum atomic E-state index is -4.49. The number of aryl methyl sites for hydroxylation is 1. The Morgan fingerprint density at radius 2 is 2.13 bits per heavy atom. The van der Waals surface area contributed by atoms with Crippen LogP contribution in [0.5, 0.6) is 0 Å². The number of aliphatic hydroxyl groups is 1. The van der Waals surface area contributed by atoms with Crippen molar-refractivity contribution in [3.8, 4) is 0 Å². The van der Waals surface area contributed by atoms with E-state index in [4.69, 9.17) is 0 Å². The summed E-state index contributed by atoms with van der Waals surface area (Å²) in [5.74, 6) is 0. The molecule has 1 aliphatic rings. The number of halogens is 3. The molecule has 0 bridgehead atoms. The number of aliphatic hydroxyl groups excluding tert-OH is 1. The van der Waals surface area contributed by atoms with Crippen molar-refractivity contribution in [2.45, 2.75) is 19.1 Å². The van der Waals surface area contributed by atoms with Gasteiger partial charge in [-0.2, -0.15) is 13.2 Å². The minimum absolute atomic E-state index is 0.0509. The van der Waals surface area contributed by atoms with Gasteiger partial charge < -0.3 is 15.3 Å². The first-order valence-corrected chi connectivity index (χ1v) is 7.46. The van der Waals surface area contributed by atoms with Gasteiger partial charge in [0.15, 0.2) is 0 Å². The van der Waals surface area contributed by atoms with Crippen LogP contribution in [0.2, 0.25) is 0 Å². The average molecular weight is 325 g/mol. The van der Waals surface area contributed by atoms with Crippen LogP contribution < -0.4 is 10.2 Å². The average Bonchev–Trinajstić information content (AvgIpc) is 2.53. The first kappa shape index (κ1) is 16.0. The van der Waals surface area contributed by atoms with Gasteiger partial charge in [-0.05, 0) is 25.1 Å². The molecule has 1 aliphatic heterocycles. The van der Waals surface area contributed by atoms with Crippen molar-refractivity contribution in [1.29, 1.82) is 0 Å². The smallest absolute Gasteiger partial charge is 0.395 e. The predicted octanol–water partition coefficient (Wildman–Crippen LogP) is 2.33. The molecule has 124 valence electrons. The van der Waals surface area contributed by atoms with Gasteiger partial charge in [0.2, 0.25) is 0 Å². The number of hydrogen-bond donors (Lipinski definition) is 2. The van der Waals surface area contributed by atoms with Gasteiger partial charge in [-0.1, -0.05) is 11.6 Å². The van der Waals surface area contributed by atoms with Gasteiger partial charge in [-0.15, -0.1) is 0 Å². The molecule has 7 heteroatoms. The van der Waals surface area contributed by atoms with Gasteiger partial charge in [-0.3, -0.25) is 0 Å². The SMILES string of the molecule is Cc1ccc2nc(C(F)(F)F)cc(N3CCN[C@H](CO)C3)c2c1. The number of alkyl halides is 3. The third kappa shape index (κ3) is 3.25. The lowest BCUT2D eigenvalue weighted by atomic mass is 10.1. The summed E-state index contributed by atoms with van der Waals surface area (Å²) in [6.07, 6.45) is -4.49. The number of piperazine rings is 1. The van der Waals surface area contributed by atoms with Gasteiger partial charge in [0, 0.05) is 36.7 Å². The second-order valence-electron chi connectivity index (χ2n) is 5.82. The van der Waals surface area contributed by atoms with Crippen LogP contribution in [-0.2, 0) is 6.18 Å². The summed E-state index contributed by atoms with van der Waals surface area (Å²) in [5, 5.41) is 13.2. The molecule has 1 fully saturated rings. The van der Waals surface area contributed by atoms with Crippen molar-refractivity contribution in [3.63, 3.8) is 0 Å². The molecule has 1 aromatic carbocycles. The van der Waals surface area contributed by atoms with Crippen molar-refractivity contribution in [2.75, 3.05) is 31.1 Å². The fourth-order valence-electron chi connectivity index (χ4n) is 2.90. The molecular formula is C16H18F3N3O. The maximum absolute atomic E-state index is 13.2. The minimum Gasteiger partial charge on any atom is -0.395 e. The van der Waals surface area contributed by atoms with Crippen LogP contribution >= 0.6 is 0 Å². The van der Waals surface area contributed by atoms with Crippen LogP contribution in [0.15, 0.2) is 24.3 Å². The number of nitrogens with zero attached hydrogens (tertiary/aromatic N) is 2. The number of hydrogen-bond acceptors (Lipinski definition) is 4. The van der Waals surface area contributed by atoms with E-state index in [-0.39, 0.29) is 12.6 Å². The number of aromatic nitrogens is 1. The summed E-state index contributed by atoms with van der Waals surface area (Å²) in [5.41, 5.74) is 0.933. The van der Waals surface area contributed by atoms with Crippen LogP contribution in [0.3, 0.4) is 0 Å². The van der Waals surface area contributed by atoms with Crippen molar-refractivity contribution in [3.05, 3.63) is 35.5 Å². The number of fused-ring (bicyclic) bond motifs is 1. The Balaban J connectivity index is 2.14. The molecule has 0 radical (unpaired) electrons. The van der Waals surface area contributed by atoms with Crippen LogP contribution in [-0.4, -0.2) is 42.4 Å². The summed E-state index contributed by atoms with van der Waals surface area (Å²) in [6.45, 7) is 3.50. The molecule has 1 atom stereocenters. The summed E-state index contributed by atoms with van der Waals surface area (Å²) in [6, 6.07) is 6.20. The summed E-state index contributed by atoms with van der Waals surface area (Å²) in [4.78, 5) is 5.65. The monoisotopic (exact) mass is 325 g/mol. The molecule has 2 aromatic rings. The summed E-state index contributed by atoms with van der Waals surface area (Å²) >= 11 is 0. The molecule has 0 amide bonds. The fourth-order valence-corrected chi connectivity index (χ4v) is 2.90. The highest BCUT2D eigenvalue weighted by molar-refractivity contribution is 5.92. The Bertz CT molecular complexity index is 718. The number of anilines is 1. The van der Waals surface area contributed by atoms with Crippen molar-refractivity contribution >= 4 is 16.6 Å². The van der Waals surface area contributed by atoms with Gasteiger partial charge >= 0.3 is 6.18 Å². The Morgan fingerprint density at radius 3 is 2.83 bits per heavy atom. The first-order valence-electron chi connectivity index (χ1n) is 7.46. The van der Waals surface area contributed by atoms with Gasteiger partial charge in [0.25, 0.3) is 0 Å². The fraction of sp³-hybridized carbons (Fsp3) is 0.438. The lowest BCUT2D eigenvalue weighted by Crippen LogP contribution is -2.52. The first-order chi connectivity index (χ1) is 10.9. The molecule has 4 nitrogen and oxygen atoms in total. The molecule has 1 aromatic heterocycles. The zero-order valence-electron chi connectivity index (χ0n) is 12.7. The number of benzene rings is 1. The Morgan fingerprint density at radius 1 is 1.35 bits per heavy atom. The molecule has 0 spiro atoms. The van der Waals surface area contributed by atoms with Crippen molar-refractivity contribution in [2.24, 2.45) is 0 Å². The highest BCUT2D eigenvalue weighted by atomic mass is 19.4. The molecule has 0 unspecified atom stereocenters. The summed E-state index contributed by atoms with van der Waals surface area (Å²) < 4.78 is 39.5. The molecule has 23 heavy (non-hydrogen) atoms. The zero-order chi connectivity index (χ0) is 16.6. The normalized spacial score (nSPS) is 19.3. The second kappa shape index (κ2) is 5.98. The maximum atomic E-state index is 13.2. The molecule has 0 aliphatic carbocycles. The van der Waals surface area contributed by atoms with Gasteiger partial charge in [-0.25, -0.2) is 4.98 Å². The topological polar surface area (TPSA) is 48.4 Å². The molecular weight excluding hydrogens is 307 g/mol. The Kier molecular flexibility index (Phi) is 4.16. The molecule has 1 saturated heterocycles. The molecule has 0 saturated carbocycles. The Labute approximate surface area is 131 Å². The van der Waals surface area contributed by atoms with E-state index in [1.807, 2.05) is 17.9 Å². The predicted molar refractivity (Wildman–Crippen MR) is 82.6 cm³/mol. The largest absolute Gasteiger partial charge is 0.433 e. The van der Waals surface area contributed by atoms with E-state index in [0.717, 1.165) is 11.6 Å².